The second-order valence-corrected chi connectivity index (χ2v) is 4.73. The van der Waals surface area contributed by atoms with Crippen molar-refractivity contribution in [3.63, 3.8) is 0 Å². The van der Waals surface area contributed by atoms with E-state index in [1.54, 1.807) is 0 Å². The van der Waals surface area contributed by atoms with Crippen molar-refractivity contribution >= 4 is 17.6 Å². The van der Waals surface area contributed by atoms with Gasteiger partial charge in [0.2, 0.25) is 0 Å². The Morgan fingerprint density at radius 2 is 1.86 bits per heavy atom. The summed E-state index contributed by atoms with van der Waals surface area (Å²) in [5.41, 5.74) is -1.43. The molecule has 2 aromatic rings. The molecular weight excluding hydrogens is 324 g/mol. The molecule has 7 heteroatoms. The van der Waals surface area contributed by atoms with Crippen molar-refractivity contribution in [1.29, 1.82) is 0 Å². The average Bonchev–Trinajstić information content (AvgIpc) is 2.45. The van der Waals surface area contributed by atoms with Gasteiger partial charge in [-0.3, -0.25) is 0 Å². The van der Waals surface area contributed by atoms with Gasteiger partial charge >= 0.3 is 12.1 Å². The van der Waals surface area contributed by atoms with Gasteiger partial charge in [-0.2, -0.15) is 13.2 Å². The lowest BCUT2D eigenvalue weighted by Gasteiger charge is -2.14. The number of methoxy groups -OCH3 is 1. The molecule has 2 aromatic carbocycles. The van der Waals surface area contributed by atoms with Gasteiger partial charge in [-0.1, -0.05) is 23.7 Å². The largest absolute Gasteiger partial charge is 0.465 e. The zero-order valence-electron chi connectivity index (χ0n) is 11.2. The molecule has 0 radical (unpaired) electrons. The van der Waals surface area contributed by atoms with Crippen molar-refractivity contribution < 1.29 is 27.1 Å². The van der Waals surface area contributed by atoms with Crippen LogP contribution >= 0.6 is 11.6 Å². The molecule has 0 spiro atoms. The lowest BCUT2D eigenvalue weighted by molar-refractivity contribution is -0.137. The molecule has 0 saturated heterocycles. The van der Waals surface area contributed by atoms with Gasteiger partial charge in [0.15, 0.2) is 0 Å². The van der Waals surface area contributed by atoms with Crippen LogP contribution in [0.15, 0.2) is 36.4 Å². The zero-order valence-corrected chi connectivity index (χ0v) is 11.9. The summed E-state index contributed by atoms with van der Waals surface area (Å²) < 4.78 is 57.0. The van der Waals surface area contributed by atoms with E-state index in [1.165, 1.54) is 24.3 Å². The third-order valence-corrected chi connectivity index (χ3v) is 3.36. The van der Waals surface area contributed by atoms with Gasteiger partial charge in [0.05, 0.1) is 23.3 Å². The molecule has 116 valence electrons. The van der Waals surface area contributed by atoms with Gasteiger partial charge in [-0.15, -0.1) is 0 Å². The van der Waals surface area contributed by atoms with Crippen molar-refractivity contribution in [3.8, 4) is 11.1 Å². The van der Waals surface area contributed by atoms with E-state index in [0.29, 0.717) is 12.1 Å². The first-order chi connectivity index (χ1) is 10.3. The van der Waals surface area contributed by atoms with Crippen molar-refractivity contribution in [2.75, 3.05) is 7.11 Å². The Labute approximate surface area is 128 Å². The standard InChI is InChI=1S/C15H9ClF4O2/c1-22-14(21)9-4-2-3-8(7-9)12-11(17)6-5-10(13(12)16)15(18,19)20/h2-7H,1H3. The van der Waals surface area contributed by atoms with E-state index in [0.717, 1.165) is 7.11 Å². The van der Waals surface area contributed by atoms with E-state index < -0.39 is 34.1 Å². The molecule has 0 heterocycles. The van der Waals surface area contributed by atoms with Gasteiger partial charge in [-0.25, -0.2) is 9.18 Å². The fourth-order valence-corrected chi connectivity index (χ4v) is 2.33. The summed E-state index contributed by atoms with van der Waals surface area (Å²) in [6, 6.07) is 6.64. The zero-order chi connectivity index (χ0) is 16.5. The van der Waals surface area contributed by atoms with Crippen LogP contribution in [0.25, 0.3) is 11.1 Å². The molecule has 0 aliphatic rings. The Kier molecular flexibility index (Phi) is 4.42. The molecule has 0 unspecified atom stereocenters. The van der Waals surface area contributed by atoms with E-state index in [2.05, 4.69) is 4.74 Å². The number of halogens is 5. The number of benzene rings is 2. The fraction of sp³-hybridized carbons (Fsp3) is 0.133. The predicted octanol–water partition coefficient (Wildman–Crippen LogP) is 4.95. The van der Waals surface area contributed by atoms with Crippen LogP contribution in [0.5, 0.6) is 0 Å². The molecule has 0 amide bonds. The van der Waals surface area contributed by atoms with Crippen molar-refractivity contribution in [2.24, 2.45) is 0 Å². The highest BCUT2D eigenvalue weighted by Crippen LogP contribution is 2.41. The first kappa shape index (κ1) is 16.3. The highest BCUT2D eigenvalue weighted by Gasteiger charge is 2.35. The summed E-state index contributed by atoms with van der Waals surface area (Å²) in [7, 11) is 1.16. The quantitative estimate of drug-likeness (QED) is 0.574. The van der Waals surface area contributed by atoms with E-state index in [4.69, 9.17) is 11.6 Å². The van der Waals surface area contributed by atoms with E-state index in [-0.39, 0.29) is 11.1 Å². The SMILES string of the molecule is COC(=O)c1cccc(-c2c(F)ccc(C(F)(F)F)c2Cl)c1. The minimum absolute atomic E-state index is 0.0523. The molecule has 0 bridgehead atoms. The van der Waals surface area contributed by atoms with Crippen molar-refractivity contribution in [2.45, 2.75) is 6.18 Å². The molecule has 22 heavy (non-hydrogen) atoms. The Bertz CT molecular complexity index is 726. The monoisotopic (exact) mass is 332 g/mol. The van der Waals surface area contributed by atoms with Crippen LogP contribution in [0.2, 0.25) is 5.02 Å². The van der Waals surface area contributed by atoms with Crippen LogP contribution in [-0.2, 0) is 10.9 Å². The normalized spacial score (nSPS) is 11.4. The average molecular weight is 333 g/mol. The minimum Gasteiger partial charge on any atom is -0.465 e. The van der Waals surface area contributed by atoms with Gasteiger partial charge in [0.1, 0.15) is 5.82 Å². The number of rotatable bonds is 2. The number of alkyl halides is 3. The van der Waals surface area contributed by atoms with Crippen LogP contribution in [0, 0.1) is 5.82 Å². The van der Waals surface area contributed by atoms with Gasteiger partial charge in [0.25, 0.3) is 0 Å². The molecule has 0 N–H and O–H groups in total. The van der Waals surface area contributed by atoms with Crippen LogP contribution in [0.1, 0.15) is 15.9 Å². The molecule has 0 aliphatic heterocycles. The molecule has 0 aliphatic carbocycles. The predicted molar refractivity (Wildman–Crippen MR) is 73.2 cm³/mol. The third-order valence-electron chi connectivity index (χ3n) is 2.97. The molecular formula is C15H9ClF4O2. The van der Waals surface area contributed by atoms with E-state index in [1.807, 2.05) is 0 Å². The van der Waals surface area contributed by atoms with E-state index in [9.17, 15) is 22.4 Å². The Morgan fingerprint density at radius 1 is 1.18 bits per heavy atom. The lowest BCUT2D eigenvalue weighted by atomic mass is 10.00. The van der Waals surface area contributed by atoms with Crippen molar-refractivity contribution in [3.05, 3.63) is 58.4 Å². The minimum atomic E-state index is -4.71. The number of esters is 1. The smallest absolute Gasteiger partial charge is 0.417 e. The number of carbonyl (C=O) groups is 1. The molecule has 2 nitrogen and oxygen atoms in total. The maximum Gasteiger partial charge on any atom is 0.417 e. The highest BCUT2D eigenvalue weighted by atomic mass is 35.5. The first-order valence-electron chi connectivity index (χ1n) is 5.99. The van der Waals surface area contributed by atoms with Gasteiger partial charge < -0.3 is 4.74 Å². The van der Waals surface area contributed by atoms with Crippen LogP contribution in [0.4, 0.5) is 17.6 Å². The number of hydrogen-bond acceptors (Lipinski definition) is 2. The highest BCUT2D eigenvalue weighted by molar-refractivity contribution is 6.34. The summed E-state index contributed by atoms with van der Waals surface area (Å²) >= 11 is 5.72. The topological polar surface area (TPSA) is 26.3 Å². The molecule has 2 rings (SSSR count). The summed E-state index contributed by atoms with van der Waals surface area (Å²) in [4.78, 5) is 11.5. The summed E-state index contributed by atoms with van der Waals surface area (Å²) in [6.07, 6.45) is -4.71. The lowest BCUT2D eigenvalue weighted by Crippen LogP contribution is -2.07. The van der Waals surface area contributed by atoms with Gasteiger partial charge in [-0.05, 0) is 29.8 Å². The molecule has 0 aromatic heterocycles. The first-order valence-corrected chi connectivity index (χ1v) is 6.37. The molecule has 0 atom stereocenters. The van der Waals surface area contributed by atoms with Crippen LogP contribution in [-0.4, -0.2) is 13.1 Å². The van der Waals surface area contributed by atoms with Gasteiger partial charge in [0, 0.05) is 5.56 Å². The Hall–Kier alpha value is -2.08. The maximum atomic E-state index is 14.0. The maximum absolute atomic E-state index is 14.0. The fourth-order valence-electron chi connectivity index (χ4n) is 1.96. The third kappa shape index (κ3) is 3.06. The number of hydrogen-bond donors (Lipinski definition) is 0. The Balaban J connectivity index is 2.65. The molecule has 0 saturated carbocycles. The Morgan fingerprint density at radius 3 is 2.45 bits per heavy atom. The van der Waals surface area contributed by atoms with Crippen LogP contribution < -0.4 is 0 Å². The second kappa shape index (κ2) is 5.96. The number of ether oxygens (including phenoxy) is 1. The van der Waals surface area contributed by atoms with E-state index >= 15 is 0 Å². The summed E-state index contributed by atoms with van der Waals surface area (Å²) in [6.45, 7) is 0. The van der Waals surface area contributed by atoms with Crippen molar-refractivity contribution in [1.82, 2.24) is 0 Å². The summed E-state index contributed by atoms with van der Waals surface area (Å²) in [5, 5.41) is -0.755. The summed E-state index contributed by atoms with van der Waals surface area (Å²) in [5.74, 6) is -1.61. The number of carbonyl (C=O) groups excluding carboxylic acids is 1. The van der Waals surface area contributed by atoms with Crippen LogP contribution in [0.3, 0.4) is 0 Å². The second-order valence-electron chi connectivity index (χ2n) is 4.35. The molecule has 0 fully saturated rings.